The van der Waals surface area contributed by atoms with E-state index in [0.717, 1.165) is 32.1 Å². The summed E-state index contributed by atoms with van der Waals surface area (Å²) >= 11 is 0. The van der Waals surface area contributed by atoms with Crippen molar-refractivity contribution < 1.29 is 28.8 Å². The van der Waals surface area contributed by atoms with Crippen molar-refractivity contribution in [2.24, 2.45) is 29.1 Å². The molecule has 49 heavy (non-hydrogen) atoms. The maximum Gasteiger partial charge on any atom is 0.246 e. The highest BCUT2D eigenvalue weighted by atomic mass is 16.2. The van der Waals surface area contributed by atoms with Crippen LogP contribution in [0.3, 0.4) is 0 Å². The Balaban J connectivity index is 1.37. The Kier molecular flexibility index (Phi) is 11.6. The summed E-state index contributed by atoms with van der Waals surface area (Å²) in [6.07, 6.45) is 10.0. The van der Waals surface area contributed by atoms with Crippen LogP contribution in [0.2, 0.25) is 0 Å². The van der Waals surface area contributed by atoms with E-state index in [1.807, 2.05) is 33.8 Å². The Morgan fingerprint density at radius 1 is 0.959 bits per heavy atom. The standard InChI is InChI=1S/C39H50N4O6/c1-5-10-26(35(47)33(46)19-24-15-16-24)20-32(45)34-28-14-9-13-27(28)23-43(34)38(49)36(39(2,3)4)42-37(48)29(25-11-7-6-8-12-25)21-31(44)30-22-40-17-18-41-30/h6-8,11-12,17-18,22,24,26-29,34,36H,5,9-10,13-16,19-21,23H2,1-4H3,(H,42,48)/t26-,27+,28+,29+,34+,36-/m1/s1. The van der Waals surface area contributed by atoms with Crippen LogP contribution in [0, 0.1) is 29.1 Å². The maximum absolute atomic E-state index is 14.6. The smallest absolute Gasteiger partial charge is 0.246 e. The van der Waals surface area contributed by atoms with Crippen molar-refractivity contribution in [3.8, 4) is 0 Å². The van der Waals surface area contributed by atoms with Crippen LogP contribution in [0.25, 0.3) is 0 Å². The quantitative estimate of drug-likeness (QED) is 0.187. The third-order valence-electron chi connectivity index (χ3n) is 10.6. The number of nitrogens with one attached hydrogen (secondary N) is 1. The number of amides is 2. The van der Waals surface area contributed by atoms with Gasteiger partial charge in [-0.2, -0.15) is 0 Å². The van der Waals surface area contributed by atoms with E-state index < -0.39 is 41.0 Å². The van der Waals surface area contributed by atoms with Crippen molar-refractivity contribution >= 4 is 34.9 Å². The summed E-state index contributed by atoms with van der Waals surface area (Å²) in [5, 5.41) is 3.00. The molecule has 262 valence electrons. The fourth-order valence-electron chi connectivity index (χ4n) is 7.73. The number of ketones is 4. The lowest BCUT2D eigenvalue weighted by Crippen LogP contribution is -2.58. The number of hydrogen-bond acceptors (Lipinski definition) is 8. The number of fused-ring (bicyclic) bond motifs is 1. The lowest BCUT2D eigenvalue weighted by Gasteiger charge is -2.37. The summed E-state index contributed by atoms with van der Waals surface area (Å²) in [7, 11) is 0. The first kappa shape index (κ1) is 36.2. The van der Waals surface area contributed by atoms with Gasteiger partial charge in [-0.1, -0.05) is 70.9 Å². The van der Waals surface area contributed by atoms with Gasteiger partial charge in [-0.3, -0.25) is 33.8 Å². The fraction of sp³-hybridized carbons (Fsp3) is 0.590. The van der Waals surface area contributed by atoms with Crippen LogP contribution in [0.1, 0.15) is 114 Å². The van der Waals surface area contributed by atoms with Crippen LogP contribution >= 0.6 is 0 Å². The predicted molar refractivity (Wildman–Crippen MR) is 183 cm³/mol. The average molecular weight is 671 g/mol. The molecule has 1 aliphatic heterocycles. The van der Waals surface area contributed by atoms with Gasteiger partial charge in [0.25, 0.3) is 0 Å². The summed E-state index contributed by atoms with van der Waals surface area (Å²) in [5.74, 6) is -3.32. The summed E-state index contributed by atoms with van der Waals surface area (Å²) < 4.78 is 0. The van der Waals surface area contributed by atoms with Crippen molar-refractivity contribution in [1.29, 1.82) is 0 Å². The lowest BCUT2D eigenvalue weighted by molar-refractivity contribution is -0.145. The Morgan fingerprint density at radius 3 is 2.33 bits per heavy atom. The number of carbonyl (C=O) groups excluding carboxylic acids is 6. The molecule has 2 aliphatic carbocycles. The molecule has 5 rings (SSSR count). The highest BCUT2D eigenvalue weighted by molar-refractivity contribution is 6.38. The van der Waals surface area contributed by atoms with Crippen LogP contribution in [0.5, 0.6) is 0 Å². The first-order chi connectivity index (χ1) is 23.4. The van der Waals surface area contributed by atoms with Gasteiger partial charge in [0.1, 0.15) is 11.7 Å². The third-order valence-corrected chi connectivity index (χ3v) is 10.6. The predicted octanol–water partition coefficient (Wildman–Crippen LogP) is 5.31. The first-order valence-electron chi connectivity index (χ1n) is 17.9. The normalized spacial score (nSPS) is 22.1. The molecule has 3 aliphatic rings. The number of Topliss-reactive ketones (excluding diaryl/α,β-unsaturated/α-hetero) is 4. The van der Waals surface area contributed by atoms with E-state index in [4.69, 9.17) is 0 Å². The number of benzene rings is 1. The topological polar surface area (TPSA) is 143 Å². The van der Waals surface area contributed by atoms with Crippen LogP contribution in [0.4, 0.5) is 0 Å². The molecule has 10 heteroatoms. The average Bonchev–Trinajstić information content (AvgIpc) is 3.65. The molecule has 1 aromatic heterocycles. The molecule has 0 radical (unpaired) electrons. The molecule has 2 saturated carbocycles. The van der Waals surface area contributed by atoms with E-state index in [-0.39, 0.29) is 66.0 Å². The van der Waals surface area contributed by atoms with Crippen LogP contribution < -0.4 is 5.32 Å². The molecule has 1 N–H and O–H groups in total. The van der Waals surface area contributed by atoms with Crippen LogP contribution in [-0.2, 0) is 24.0 Å². The summed E-state index contributed by atoms with van der Waals surface area (Å²) in [6, 6.07) is 7.28. The minimum Gasteiger partial charge on any atom is -0.343 e. The van der Waals surface area contributed by atoms with E-state index in [0.29, 0.717) is 24.9 Å². The molecule has 1 saturated heterocycles. The minimum absolute atomic E-state index is 0.0195. The molecule has 3 fully saturated rings. The molecule has 0 spiro atoms. The number of hydrogen-bond donors (Lipinski definition) is 1. The van der Waals surface area contributed by atoms with E-state index in [9.17, 15) is 28.8 Å². The number of likely N-dealkylation sites (tertiary alicyclic amines) is 1. The molecule has 2 heterocycles. The zero-order valence-corrected chi connectivity index (χ0v) is 29.2. The SMILES string of the molecule is CCC[C@H](CC(=O)[C@@H]1[C@H]2CCC[C@H]2CN1C(=O)[C@@H](NC(=O)[C@@H](CC(=O)c1cnccn1)c1ccccc1)C(C)(C)C)C(=O)C(=O)CC1CC1. The molecule has 10 nitrogen and oxygen atoms in total. The van der Waals surface area contributed by atoms with Crippen LogP contribution in [-0.4, -0.2) is 68.4 Å². The van der Waals surface area contributed by atoms with Gasteiger partial charge in [0.15, 0.2) is 17.3 Å². The maximum atomic E-state index is 14.6. The molecule has 1 aromatic carbocycles. The monoisotopic (exact) mass is 670 g/mol. The van der Waals surface area contributed by atoms with Crippen molar-refractivity contribution in [1.82, 2.24) is 20.2 Å². The Hall–Kier alpha value is -4.08. The molecule has 0 unspecified atom stereocenters. The van der Waals surface area contributed by atoms with Crippen molar-refractivity contribution in [2.75, 3.05) is 6.54 Å². The van der Waals surface area contributed by atoms with E-state index in [2.05, 4.69) is 15.3 Å². The Labute approximate surface area is 289 Å². The highest BCUT2D eigenvalue weighted by Crippen LogP contribution is 2.44. The zero-order valence-electron chi connectivity index (χ0n) is 29.2. The van der Waals surface area contributed by atoms with Gasteiger partial charge in [-0.25, -0.2) is 4.98 Å². The third kappa shape index (κ3) is 8.75. The lowest BCUT2D eigenvalue weighted by atomic mass is 9.82. The van der Waals surface area contributed by atoms with Gasteiger partial charge >= 0.3 is 0 Å². The molecular formula is C39H50N4O6. The summed E-state index contributed by atoms with van der Waals surface area (Å²) in [5.41, 5.74) is 0.0483. The van der Waals surface area contributed by atoms with Crippen molar-refractivity contribution in [2.45, 2.75) is 110 Å². The van der Waals surface area contributed by atoms with Crippen LogP contribution in [0.15, 0.2) is 48.9 Å². The molecule has 2 amide bonds. The highest BCUT2D eigenvalue weighted by Gasteiger charge is 2.52. The second kappa shape index (κ2) is 15.6. The zero-order chi connectivity index (χ0) is 35.3. The fourth-order valence-corrected chi connectivity index (χ4v) is 7.73. The minimum atomic E-state index is -0.986. The number of carbonyl (C=O) groups is 6. The van der Waals surface area contributed by atoms with Gasteiger partial charge in [-0.15, -0.1) is 0 Å². The van der Waals surface area contributed by atoms with Gasteiger partial charge in [-0.05, 0) is 60.8 Å². The second-order valence-corrected chi connectivity index (χ2v) is 15.4. The second-order valence-electron chi connectivity index (χ2n) is 15.4. The van der Waals surface area contributed by atoms with Crippen molar-refractivity contribution in [3.05, 3.63) is 60.2 Å². The molecular weight excluding hydrogens is 620 g/mol. The number of rotatable bonds is 16. The van der Waals surface area contributed by atoms with Gasteiger partial charge in [0, 0.05) is 44.1 Å². The largest absolute Gasteiger partial charge is 0.343 e. The molecule has 0 bridgehead atoms. The summed E-state index contributed by atoms with van der Waals surface area (Å²) in [4.78, 5) is 91.9. The number of aromatic nitrogens is 2. The Morgan fingerprint density at radius 2 is 1.69 bits per heavy atom. The molecule has 2 aromatic rings. The van der Waals surface area contributed by atoms with E-state index in [1.54, 1.807) is 29.2 Å². The van der Waals surface area contributed by atoms with Gasteiger partial charge in [0.2, 0.25) is 17.6 Å². The van der Waals surface area contributed by atoms with E-state index >= 15 is 0 Å². The van der Waals surface area contributed by atoms with Crippen molar-refractivity contribution in [3.63, 3.8) is 0 Å². The van der Waals surface area contributed by atoms with Gasteiger partial charge in [0.05, 0.1) is 18.2 Å². The number of nitrogens with zero attached hydrogens (tertiary/aromatic N) is 3. The van der Waals surface area contributed by atoms with Gasteiger partial charge < -0.3 is 10.2 Å². The first-order valence-corrected chi connectivity index (χ1v) is 17.9. The summed E-state index contributed by atoms with van der Waals surface area (Å²) in [6.45, 7) is 7.95. The van der Waals surface area contributed by atoms with E-state index in [1.165, 1.54) is 18.6 Å². The molecule has 6 atom stereocenters. The Bertz CT molecular complexity index is 1530.